The maximum atomic E-state index is 14.0. The van der Waals surface area contributed by atoms with Crippen LogP contribution in [-0.4, -0.2) is 52.3 Å². The predicted octanol–water partition coefficient (Wildman–Crippen LogP) is 3.89. The highest BCUT2D eigenvalue weighted by molar-refractivity contribution is 6.05. The number of hydrogen-bond acceptors (Lipinski definition) is 11. The van der Waals surface area contributed by atoms with Crippen LogP contribution in [0.3, 0.4) is 0 Å². The van der Waals surface area contributed by atoms with Gasteiger partial charge in [0, 0.05) is 23.5 Å². The summed E-state index contributed by atoms with van der Waals surface area (Å²) in [6.07, 6.45) is 2.32. The average Bonchev–Trinajstić information content (AvgIpc) is 3.04. The standard InChI is InChI=1S/C34H32N2O9/c1-19-27(29(21-9-7-11-23(17-21)41-3)31(43-5)25(35-19)13-15-37)33(39)45-34(40)28-20(2)36-26(14-16-38)32(44-6)30(28)22-10-8-12-24(18-22)42-4/h7-14,17-18,29-30,35-36H,1-6H3. The quantitative estimate of drug-likeness (QED) is 0.230. The van der Waals surface area contributed by atoms with Crippen LogP contribution in [0.2, 0.25) is 0 Å². The molecule has 45 heavy (non-hydrogen) atoms. The monoisotopic (exact) mass is 612 g/mol. The lowest BCUT2D eigenvalue weighted by Crippen LogP contribution is -2.33. The lowest BCUT2D eigenvalue weighted by Gasteiger charge is -2.32. The number of benzene rings is 2. The fourth-order valence-electron chi connectivity index (χ4n) is 5.47. The van der Waals surface area contributed by atoms with Crippen LogP contribution in [0.5, 0.6) is 11.5 Å². The van der Waals surface area contributed by atoms with E-state index >= 15 is 0 Å². The number of dihydropyridines is 2. The summed E-state index contributed by atoms with van der Waals surface area (Å²) < 4.78 is 27.7. The molecule has 232 valence electrons. The summed E-state index contributed by atoms with van der Waals surface area (Å²) in [6.45, 7) is 3.24. The lowest BCUT2D eigenvalue weighted by molar-refractivity contribution is -0.154. The highest BCUT2D eigenvalue weighted by Crippen LogP contribution is 2.42. The highest BCUT2D eigenvalue weighted by Gasteiger charge is 2.40. The molecule has 0 aromatic heterocycles. The Bertz CT molecular complexity index is 1620. The molecule has 0 aliphatic carbocycles. The van der Waals surface area contributed by atoms with Crippen molar-refractivity contribution in [3.63, 3.8) is 0 Å². The first-order valence-corrected chi connectivity index (χ1v) is 13.7. The van der Waals surface area contributed by atoms with Gasteiger partial charge in [0.15, 0.2) is 0 Å². The SMILES string of the molecule is COC1=C(C=C=O)NC(C)=C(C(=O)OC(=O)C2=C(C)NC(C=C=O)=C(OC)C2c2cccc(OC)c2)C1c1cccc(OC)c1. The van der Waals surface area contributed by atoms with Crippen LogP contribution in [0.25, 0.3) is 0 Å². The minimum absolute atomic E-state index is 0.0727. The maximum Gasteiger partial charge on any atom is 0.344 e. The second kappa shape index (κ2) is 14.1. The molecule has 0 spiro atoms. The van der Waals surface area contributed by atoms with Crippen molar-refractivity contribution >= 4 is 23.8 Å². The Morgan fingerprint density at radius 3 is 1.40 bits per heavy atom. The third-order valence-electron chi connectivity index (χ3n) is 7.41. The number of methoxy groups -OCH3 is 4. The average molecular weight is 613 g/mol. The number of esters is 2. The van der Waals surface area contributed by atoms with Gasteiger partial charge in [0.05, 0.1) is 62.8 Å². The van der Waals surface area contributed by atoms with E-state index in [1.54, 1.807) is 74.3 Å². The zero-order chi connectivity index (χ0) is 32.7. The van der Waals surface area contributed by atoms with Gasteiger partial charge in [0.1, 0.15) is 34.9 Å². The van der Waals surface area contributed by atoms with Crippen LogP contribution in [0.1, 0.15) is 36.8 Å². The third-order valence-corrected chi connectivity index (χ3v) is 7.41. The molecule has 0 radical (unpaired) electrons. The second-order valence-corrected chi connectivity index (χ2v) is 9.91. The van der Waals surface area contributed by atoms with Crippen LogP contribution in [-0.2, 0) is 33.4 Å². The Labute approximate surface area is 260 Å². The Hall–Kier alpha value is -5.76. The van der Waals surface area contributed by atoms with Crippen LogP contribution in [0.4, 0.5) is 0 Å². The number of hydrogen-bond donors (Lipinski definition) is 2. The predicted molar refractivity (Wildman–Crippen MR) is 163 cm³/mol. The summed E-state index contributed by atoms with van der Waals surface area (Å²) in [4.78, 5) is 50.6. The fraction of sp³-hybridized carbons (Fsp3) is 0.235. The summed E-state index contributed by atoms with van der Waals surface area (Å²) in [7, 11) is 5.83. The van der Waals surface area contributed by atoms with Gasteiger partial charge >= 0.3 is 11.9 Å². The summed E-state index contributed by atoms with van der Waals surface area (Å²) >= 11 is 0. The molecule has 2 atom stereocenters. The normalized spacial score (nSPS) is 17.7. The van der Waals surface area contributed by atoms with Gasteiger partial charge in [-0.15, -0.1) is 0 Å². The first-order chi connectivity index (χ1) is 21.7. The summed E-state index contributed by atoms with van der Waals surface area (Å²) in [5.41, 5.74) is 2.56. The zero-order valence-electron chi connectivity index (χ0n) is 25.6. The maximum absolute atomic E-state index is 14.0. The lowest BCUT2D eigenvalue weighted by atomic mass is 9.84. The molecule has 2 aliphatic heterocycles. The van der Waals surface area contributed by atoms with E-state index in [-0.39, 0.29) is 22.7 Å². The van der Waals surface area contributed by atoms with Crippen LogP contribution >= 0.6 is 0 Å². The molecule has 0 fully saturated rings. The van der Waals surface area contributed by atoms with Gasteiger partial charge in [-0.05, 0) is 49.2 Å². The molecule has 4 rings (SSSR count). The summed E-state index contributed by atoms with van der Waals surface area (Å²) in [5, 5.41) is 5.98. The van der Waals surface area contributed by atoms with E-state index in [2.05, 4.69) is 10.6 Å². The van der Waals surface area contributed by atoms with Crippen LogP contribution in [0.15, 0.2) is 106 Å². The van der Waals surface area contributed by atoms with Crippen molar-refractivity contribution in [2.24, 2.45) is 0 Å². The minimum atomic E-state index is -0.951. The molecule has 2 N–H and O–H groups in total. The van der Waals surface area contributed by atoms with E-state index in [9.17, 15) is 19.2 Å². The van der Waals surface area contributed by atoms with Gasteiger partial charge in [-0.25, -0.2) is 19.2 Å². The van der Waals surface area contributed by atoms with Gasteiger partial charge in [-0.3, -0.25) is 0 Å². The molecule has 2 aliphatic rings. The smallest absolute Gasteiger partial charge is 0.344 e. The molecule has 0 saturated heterocycles. The molecule has 2 unspecified atom stereocenters. The molecule has 2 heterocycles. The molecule has 0 saturated carbocycles. The van der Waals surface area contributed by atoms with E-state index < -0.39 is 23.8 Å². The molecule has 2 aromatic carbocycles. The molecule has 11 nitrogen and oxygen atoms in total. The van der Waals surface area contributed by atoms with Crippen molar-refractivity contribution in [3.8, 4) is 11.5 Å². The molecular weight excluding hydrogens is 580 g/mol. The number of carbonyl (C=O) groups excluding carboxylic acids is 4. The van der Waals surface area contributed by atoms with Crippen LogP contribution < -0.4 is 20.1 Å². The van der Waals surface area contributed by atoms with Crippen molar-refractivity contribution < 1.29 is 42.9 Å². The molecule has 0 bridgehead atoms. The topological polar surface area (TPSA) is 138 Å². The van der Waals surface area contributed by atoms with Gasteiger partial charge in [0.2, 0.25) is 0 Å². The number of nitrogens with one attached hydrogen (secondary N) is 2. The molecule has 0 amide bonds. The fourth-order valence-corrected chi connectivity index (χ4v) is 5.47. The van der Waals surface area contributed by atoms with E-state index in [0.717, 1.165) is 12.2 Å². The van der Waals surface area contributed by atoms with E-state index in [0.29, 0.717) is 45.4 Å². The van der Waals surface area contributed by atoms with Crippen molar-refractivity contribution in [2.75, 3.05) is 28.4 Å². The van der Waals surface area contributed by atoms with Crippen molar-refractivity contribution in [1.82, 2.24) is 10.6 Å². The largest absolute Gasteiger partial charge is 0.498 e. The Kier molecular flexibility index (Phi) is 10.1. The van der Waals surface area contributed by atoms with E-state index in [1.165, 1.54) is 28.4 Å². The van der Waals surface area contributed by atoms with E-state index in [4.69, 9.17) is 23.7 Å². The number of carbonyl (C=O) groups is 2. The third kappa shape index (κ3) is 6.45. The summed E-state index contributed by atoms with van der Waals surface area (Å²) in [5.74, 6) is 1.31. The Morgan fingerprint density at radius 1 is 0.667 bits per heavy atom. The van der Waals surface area contributed by atoms with E-state index in [1.807, 2.05) is 0 Å². The molecule has 2 aromatic rings. The van der Waals surface area contributed by atoms with Crippen molar-refractivity contribution in [2.45, 2.75) is 25.7 Å². The van der Waals surface area contributed by atoms with Gasteiger partial charge in [-0.2, -0.15) is 0 Å². The van der Waals surface area contributed by atoms with Gasteiger partial charge in [0.25, 0.3) is 0 Å². The molecule has 11 heteroatoms. The first-order valence-electron chi connectivity index (χ1n) is 13.7. The van der Waals surface area contributed by atoms with Crippen molar-refractivity contribution in [3.05, 3.63) is 117 Å². The second-order valence-electron chi connectivity index (χ2n) is 9.91. The number of rotatable bonds is 10. The number of allylic oxidation sites excluding steroid dienone is 6. The first kappa shape index (κ1) is 32.2. The number of ether oxygens (including phenoxy) is 5. The zero-order valence-corrected chi connectivity index (χ0v) is 25.6. The Balaban J connectivity index is 1.81. The Morgan fingerprint density at radius 2 is 1.07 bits per heavy atom. The van der Waals surface area contributed by atoms with Crippen LogP contribution in [0, 0.1) is 0 Å². The van der Waals surface area contributed by atoms with Gasteiger partial charge in [-0.1, -0.05) is 24.3 Å². The molecular formula is C34H32N2O9. The van der Waals surface area contributed by atoms with Crippen molar-refractivity contribution in [1.29, 1.82) is 0 Å². The minimum Gasteiger partial charge on any atom is -0.498 e. The summed E-state index contributed by atoms with van der Waals surface area (Å²) in [6, 6.07) is 13.9. The van der Waals surface area contributed by atoms with Gasteiger partial charge < -0.3 is 34.3 Å². The highest BCUT2D eigenvalue weighted by atomic mass is 16.6.